The number of H-pyrrole nitrogens is 1. The molecule has 27 heavy (non-hydrogen) atoms. The third kappa shape index (κ3) is 2.39. The van der Waals surface area contributed by atoms with Crippen molar-refractivity contribution in [1.29, 1.82) is 0 Å². The van der Waals surface area contributed by atoms with E-state index in [2.05, 4.69) is 48.1 Å². The first-order chi connectivity index (χ1) is 12.6. The first kappa shape index (κ1) is 18.4. The van der Waals surface area contributed by atoms with E-state index in [-0.39, 0.29) is 16.4 Å². The second-order valence-corrected chi connectivity index (χ2v) is 8.69. The van der Waals surface area contributed by atoms with Crippen molar-refractivity contribution >= 4 is 0 Å². The van der Waals surface area contributed by atoms with Crippen LogP contribution in [0.3, 0.4) is 0 Å². The van der Waals surface area contributed by atoms with Gasteiger partial charge in [0.2, 0.25) is 0 Å². The molecule has 2 heterocycles. The lowest BCUT2D eigenvalue weighted by Gasteiger charge is -2.33. The maximum absolute atomic E-state index is 13.4. The molecular formula is C20H25F3N4. The van der Waals surface area contributed by atoms with Crippen molar-refractivity contribution in [3.63, 3.8) is 0 Å². The Morgan fingerprint density at radius 3 is 2.63 bits per heavy atom. The zero-order chi connectivity index (χ0) is 19.6. The molecule has 0 saturated heterocycles. The molecule has 2 aromatic heterocycles. The van der Waals surface area contributed by atoms with Gasteiger partial charge in [-0.15, -0.1) is 5.10 Å². The van der Waals surface area contributed by atoms with E-state index in [1.54, 1.807) is 0 Å². The summed E-state index contributed by atoms with van der Waals surface area (Å²) in [5.41, 5.74) is 2.57. The molecular weight excluding hydrogens is 353 g/mol. The number of unbranched alkanes of at least 4 members (excludes halogenated alkanes) is 1. The highest BCUT2D eigenvalue weighted by Crippen LogP contribution is 2.68. The summed E-state index contributed by atoms with van der Waals surface area (Å²) in [6.07, 6.45) is 1.44. The first-order valence-electron chi connectivity index (χ1n) is 9.63. The molecule has 0 amide bonds. The molecule has 1 N–H and O–H groups in total. The molecule has 146 valence electrons. The number of hydrogen-bond donors (Lipinski definition) is 1. The van der Waals surface area contributed by atoms with Crippen molar-refractivity contribution in [2.75, 3.05) is 0 Å². The van der Waals surface area contributed by atoms with Crippen molar-refractivity contribution in [2.24, 2.45) is 5.41 Å². The van der Waals surface area contributed by atoms with Crippen LogP contribution in [0.1, 0.15) is 81.8 Å². The molecule has 2 aromatic rings. The van der Waals surface area contributed by atoms with Gasteiger partial charge in [-0.1, -0.05) is 34.1 Å². The summed E-state index contributed by atoms with van der Waals surface area (Å²) in [6.45, 7) is 8.84. The van der Waals surface area contributed by atoms with Crippen LogP contribution in [0.5, 0.6) is 0 Å². The third-order valence-corrected chi connectivity index (χ3v) is 7.17. The largest absolute Gasteiger partial charge is 0.433 e. The van der Waals surface area contributed by atoms with E-state index in [0.717, 1.165) is 48.9 Å². The zero-order valence-electron chi connectivity index (χ0n) is 16.2. The Bertz CT molecular complexity index is 884. The van der Waals surface area contributed by atoms with Gasteiger partial charge < -0.3 is 0 Å². The molecule has 2 aliphatic carbocycles. The van der Waals surface area contributed by atoms with Crippen LogP contribution in [0.2, 0.25) is 0 Å². The van der Waals surface area contributed by atoms with Crippen LogP contribution in [0.15, 0.2) is 6.20 Å². The lowest BCUT2D eigenvalue weighted by atomic mass is 9.70. The predicted octanol–water partition coefficient (Wildman–Crippen LogP) is 5.40. The van der Waals surface area contributed by atoms with Crippen LogP contribution < -0.4 is 0 Å². The van der Waals surface area contributed by atoms with Crippen molar-refractivity contribution in [2.45, 2.75) is 77.3 Å². The van der Waals surface area contributed by atoms with Gasteiger partial charge in [0.15, 0.2) is 0 Å². The summed E-state index contributed by atoms with van der Waals surface area (Å²) in [6, 6.07) is 0. The van der Waals surface area contributed by atoms with Crippen molar-refractivity contribution < 1.29 is 13.2 Å². The van der Waals surface area contributed by atoms with Gasteiger partial charge in [0.25, 0.3) is 0 Å². The Morgan fingerprint density at radius 1 is 1.22 bits per heavy atom. The van der Waals surface area contributed by atoms with Crippen molar-refractivity contribution in [3.8, 4) is 11.3 Å². The van der Waals surface area contributed by atoms with Gasteiger partial charge in [-0.3, -0.25) is 5.10 Å². The van der Waals surface area contributed by atoms with Gasteiger partial charge >= 0.3 is 6.18 Å². The molecule has 0 radical (unpaired) electrons. The SMILES string of the molecule is CCCCc1c(-c2cn[nH]c2C(F)(F)F)nnc2c1C1CCC2(C)C1(C)C. The standard InChI is InChI=1S/C20H25F3N4/c1-5-6-7-11-14-13-8-9-19(4,18(13,2)3)17(14)27-25-15(11)12-10-24-26-16(12)20(21,22)23/h10,13H,5-9H2,1-4H3,(H,24,26). The van der Waals surface area contributed by atoms with Gasteiger partial charge in [0.1, 0.15) is 11.4 Å². The quantitative estimate of drug-likeness (QED) is 0.775. The topological polar surface area (TPSA) is 54.5 Å². The number of aromatic nitrogens is 4. The Kier molecular flexibility index (Phi) is 3.95. The molecule has 0 aromatic carbocycles. The van der Waals surface area contributed by atoms with E-state index in [0.29, 0.717) is 11.6 Å². The lowest BCUT2D eigenvalue weighted by molar-refractivity contribution is -0.140. The lowest BCUT2D eigenvalue weighted by Crippen LogP contribution is -2.32. The van der Waals surface area contributed by atoms with E-state index in [4.69, 9.17) is 0 Å². The highest BCUT2D eigenvalue weighted by molar-refractivity contribution is 5.69. The molecule has 4 rings (SSSR count). The number of alkyl halides is 3. The molecule has 2 atom stereocenters. The van der Waals surface area contributed by atoms with Crippen LogP contribution in [0.4, 0.5) is 13.2 Å². The number of aromatic amines is 1. The van der Waals surface area contributed by atoms with Crippen LogP contribution in [0.25, 0.3) is 11.3 Å². The maximum atomic E-state index is 13.4. The number of halogens is 3. The Morgan fingerprint density at radius 2 is 1.96 bits per heavy atom. The van der Waals surface area contributed by atoms with Crippen molar-refractivity contribution in [3.05, 3.63) is 28.7 Å². The molecule has 4 nitrogen and oxygen atoms in total. The highest BCUT2D eigenvalue weighted by atomic mass is 19.4. The number of rotatable bonds is 4. The zero-order valence-corrected chi connectivity index (χ0v) is 16.2. The summed E-state index contributed by atoms with van der Waals surface area (Å²) in [5, 5.41) is 14.6. The van der Waals surface area contributed by atoms with E-state index in [1.165, 1.54) is 6.20 Å². The van der Waals surface area contributed by atoms with E-state index in [9.17, 15) is 13.2 Å². The van der Waals surface area contributed by atoms with Crippen LogP contribution in [-0.4, -0.2) is 20.4 Å². The average Bonchev–Trinajstić information content (AvgIpc) is 3.21. The van der Waals surface area contributed by atoms with Crippen LogP contribution in [0, 0.1) is 5.41 Å². The maximum Gasteiger partial charge on any atom is 0.433 e. The second kappa shape index (κ2) is 5.79. The molecule has 0 aliphatic heterocycles. The van der Waals surface area contributed by atoms with Gasteiger partial charge in [-0.25, -0.2) is 0 Å². The average molecular weight is 378 g/mol. The fraction of sp³-hybridized carbons (Fsp3) is 0.650. The van der Waals surface area contributed by atoms with Crippen molar-refractivity contribution in [1.82, 2.24) is 20.4 Å². The van der Waals surface area contributed by atoms with Gasteiger partial charge in [-0.05, 0) is 48.1 Å². The summed E-state index contributed by atoms with van der Waals surface area (Å²) in [7, 11) is 0. The minimum Gasteiger partial charge on any atom is -0.273 e. The number of nitrogens with zero attached hydrogens (tertiary/aromatic N) is 3. The predicted molar refractivity (Wildman–Crippen MR) is 96.3 cm³/mol. The summed E-state index contributed by atoms with van der Waals surface area (Å²) >= 11 is 0. The number of fused-ring (bicyclic) bond motifs is 5. The van der Waals surface area contributed by atoms with Crippen LogP contribution in [-0.2, 0) is 18.0 Å². The smallest absolute Gasteiger partial charge is 0.273 e. The highest BCUT2D eigenvalue weighted by Gasteiger charge is 2.61. The van der Waals surface area contributed by atoms with E-state index < -0.39 is 11.9 Å². The minimum absolute atomic E-state index is 0.00892. The molecule has 2 unspecified atom stereocenters. The fourth-order valence-electron chi connectivity index (χ4n) is 5.20. The first-order valence-corrected chi connectivity index (χ1v) is 9.63. The molecule has 1 fully saturated rings. The minimum atomic E-state index is -4.50. The van der Waals surface area contributed by atoms with Crippen LogP contribution >= 0.6 is 0 Å². The van der Waals surface area contributed by atoms with Gasteiger partial charge in [-0.2, -0.15) is 23.4 Å². The number of nitrogens with one attached hydrogen (secondary N) is 1. The molecule has 7 heteroatoms. The summed E-state index contributed by atoms with van der Waals surface area (Å²) in [4.78, 5) is 0. The Balaban J connectivity index is 1.95. The normalized spacial score (nSPS) is 25.8. The third-order valence-electron chi connectivity index (χ3n) is 7.17. The Labute approximate surface area is 157 Å². The number of hydrogen-bond acceptors (Lipinski definition) is 3. The summed E-state index contributed by atoms with van der Waals surface area (Å²) < 4.78 is 40.3. The fourth-order valence-corrected chi connectivity index (χ4v) is 5.20. The monoisotopic (exact) mass is 378 g/mol. The molecule has 2 aliphatic rings. The molecule has 2 bridgehead atoms. The second-order valence-electron chi connectivity index (χ2n) is 8.69. The van der Waals surface area contributed by atoms with Gasteiger partial charge in [0.05, 0.1) is 17.5 Å². The molecule has 1 saturated carbocycles. The van der Waals surface area contributed by atoms with Gasteiger partial charge in [0, 0.05) is 5.41 Å². The summed E-state index contributed by atoms with van der Waals surface area (Å²) in [5.74, 6) is 0.319. The molecule has 0 spiro atoms. The van der Waals surface area contributed by atoms with E-state index in [1.807, 2.05) is 0 Å². The Hall–Kier alpha value is -1.92. The van der Waals surface area contributed by atoms with E-state index >= 15 is 0 Å².